The Morgan fingerprint density at radius 1 is 1.48 bits per heavy atom. The highest BCUT2D eigenvalue weighted by molar-refractivity contribution is 5.78. The van der Waals surface area contributed by atoms with Gasteiger partial charge in [0.2, 0.25) is 0 Å². The number of rotatable bonds is 5. The van der Waals surface area contributed by atoms with Gasteiger partial charge in [0.15, 0.2) is 0 Å². The zero-order chi connectivity index (χ0) is 14.7. The highest BCUT2D eigenvalue weighted by atomic mass is 16.5. The second-order valence-electron chi connectivity index (χ2n) is 5.90. The molecule has 5 nitrogen and oxygen atoms in total. The third-order valence-electron chi connectivity index (χ3n) is 3.75. The van der Waals surface area contributed by atoms with E-state index in [4.69, 9.17) is 9.47 Å². The van der Waals surface area contributed by atoms with Gasteiger partial charge in [0, 0.05) is 25.0 Å². The van der Waals surface area contributed by atoms with E-state index in [2.05, 4.69) is 47.1 Å². The van der Waals surface area contributed by atoms with Gasteiger partial charge in [-0.05, 0) is 25.5 Å². The molecule has 1 aliphatic heterocycles. The van der Waals surface area contributed by atoms with Crippen LogP contribution in [0.4, 0.5) is 0 Å². The summed E-state index contributed by atoms with van der Waals surface area (Å²) < 4.78 is 11.4. The molecule has 1 aromatic carbocycles. The van der Waals surface area contributed by atoms with Crippen LogP contribution in [0.2, 0.25) is 0 Å². The lowest BCUT2D eigenvalue weighted by Crippen LogP contribution is -2.44. The van der Waals surface area contributed by atoms with E-state index in [1.807, 2.05) is 6.20 Å². The van der Waals surface area contributed by atoms with E-state index in [0.29, 0.717) is 6.61 Å². The highest BCUT2D eigenvalue weighted by Gasteiger charge is 2.21. The molecule has 1 fully saturated rings. The van der Waals surface area contributed by atoms with Gasteiger partial charge in [-0.2, -0.15) is 5.10 Å². The predicted octanol–water partition coefficient (Wildman–Crippen LogP) is 2.19. The fourth-order valence-corrected chi connectivity index (χ4v) is 2.67. The molecule has 0 aliphatic carbocycles. The molecule has 3 rings (SSSR count). The van der Waals surface area contributed by atoms with E-state index in [1.165, 1.54) is 5.56 Å². The first-order valence-corrected chi connectivity index (χ1v) is 7.58. The topological polar surface area (TPSA) is 50.4 Å². The van der Waals surface area contributed by atoms with Gasteiger partial charge in [-0.25, -0.2) is 0 Å². The molecule has 0 saturated carbocycles. The minimum atomic E-state index is 0.178. The molecular weight excluding hydrogens is 266 g/mol. The molecular formula is C16H23N3O2. The third kappa shape index (κ3) is 3.81. The largest absolute Gasteiger partial charge is 0.376 e. The van der Waals surface area contributed by atoms with Crippen LogP contribution in [-0.4, -0.2) is 53.6 Å². The number of benzene rings is 1. The summed E-state index contributed by atoms with van der Waals surface area (Å²) in [6, 6.07) is 6.47. The van der Waals surface area contributed by atoms with E-state index >= 15 is 0 Å². The summed E-state index contributed by atoms with van der Waals surface area (Å²) in [6.45, 7) is 8.40. The van der Waals surface area contributed by atoms with Crippen LogP contribution in [0.15, 0.2) is 24.4 Å². The summed E-state index contributed by atoms with van der Waals surface area (Å²) in [5.41, 5.74) is 2.40. The maximum atomic E-state index is 5.77. The van der Waals surface area contributed by atoms with E-state index in [-0.39, 0.29) is 12.2 Å². The number of hydrogen-bond donors (Lipinski definition) is 1. The number of nitrogens with one attached hydrogen (secondary N) is 1. The zero-order valence-corrected chi connectivity index (χ0v) is 12.7. The fourth-order valence-electron chi connectivity index (χ4n) is 2.67. The van der Waals surface area contributed by atoms with Crippen molar-refractivity contribution in [1.82, 2.24) is 15.1 Å². The monoisotopic (exact) mass is 289 g/mol. The summed E-state index contributed by atoms with van der Waals surface area (Å²) in [6.07, 6.45) is 2.29. The van der Waals surface area contributed by atoms with Gasteiger partial charge in [0.1, 0.15) is 0 Å². The summed E-state index contributed by atoms with van der Waals surface area (Å²) >= 11 is 0. The summed E-state index contributed by atoms with van der Waals surface area (Å²) in [4.78, 5) is 2.43. The second-order valence-corrected chi connectivity index (χ2v) is 5.90. The van der Waals surface area contributed by atoms with Crippen LogP contribution in [-0.2, 0) is 16.0 Å². The van der Waals surface area contributed by atoms with Crippen LogP contribution in [0.3, 0.4) is 0 Å². The lowest BCUT2D eigenvalue weighted by molar-refractivity contribution is -0.0814. The number of H-pyrrole nitrogens is 1. The van der Waals surface area contributed by atoms with Crippen LogP contribution in [0.25, 0.3) is 10.9 Å². The number of nitrogens with zero attached hydrogens (tertiary/aromatic N) is 2. The first kappa shape index (κ1) is 14.5. The van der Waals surface area contributed by atoms with E-state index in [0.717, 1.165) is 37.1 Å². The van der Waals surface area contributed by atoms with E-state index < -0.39 is 0 Å². The quantitative estimate of drug-likeness (QED) is 0.916. The number of aromatic amines is 1. The molecule has 1 saturated heterocycles. The van der Waals surface area contributed by atoms with Crippen molar-refractivity contribution in [2.45, 2.75) is 32.6 Å². The van der Waals surface area contributed by atoms with Gasteiger partial charge in [-0.3, -0.25) is 10.00 Å². The Hall–Kier alpha value is -1.43. The molecule has 0 radical (unpaired) electrons. The third-order valence-corrected chi connectivity index (χ3v) is 3.75. The molecule has 0 amide bonds. The molecule has 2 aromatic rings. The van der Waals surface area contributed by atoms with Crippen LogP contribution in [0.1, 0.15) is 19.4 Å². The van der Waals surface area contributed by atoms with Gasteiger partial charge in [0.05, 0.1) is 37.1 Å². The van der Waals surface area contributed by atoms with Crippen LogP contribution in [0.5, 0.6) is 0 Å². The average Bonchev–Trinajstić information content (AvgIpc) is 2.93. The van der Waals surface area contributed by atoms with Crippen molar-refractivity contribution in [3.8, 4) is 0 Å². The normalized spacial score (nSPS) is 20.4. The lowest BCUT2D eigenvalue weighted by atomic mass is 10.1. The highest BCUT2D eigenvalue weighted by Crippen LogP contribution is 2.16. The Balaban J connectivity index is 1.58. The Morgan fingerprint density at radius 3 is 3.24 bits per heavy atom. The minimum absolute atomic E-state index is 0.178. The molecule has 114 valence electrons. The maximum absolute atomic E-state index is 5.77. The average molecular weight is 289 g/mol. The Labute approximate surface area is 125 Å². The van der Waals surface area contributed by atoms with Crippen molar-refractivity contribution in [2.24, 2.45) is 0 Å². The van der Waals surface area contributed by atoms with Crippen LogP contribution in [0, 0.1) is 0 Å². The Bertz CT molecular complexity index is 582. The van der Waals surface area contributed by atoms with Crippen molar-refractivity contribution in [3.63, 3.8) is 0 Å². The summed E-state index contributed by atoms with van der Waals surface area (Å²) in [7, 11) is 0. The summed E-state index contributed by atoms with van der Waals surface area (Å²) in [5.74, 6) is 0. The molecule has 1 N–H and O–H groups in total. The molecule has 1 aliphatic rings. The standard InChI is InChI=1S/C16H23N3O2/c1-12(2)21-11-15-10-19(5-6-20-15)9-13-3-4-14-8-17-18-16(14)7-13/h3-4,7-8,12,15H,5-6,9-11H2,1-2H3,(H,17,18). The maximum Gasteiger partial charge on any atom is 0.0935 e. The second kappa shape index (κ2) is 6.56. The van der Waals surface area contributed by atoms with Gasteiger partial charge < -0.3 is 9.47 Å². The number of ether oxygens (including phenoxy) is 2. The zero-order valence-electron chi connectivity index (χ0n) is 12.7. The number of fused-ring (bicyclic) bond motifs is 1. The SMILES string of the molecule is CC(C)OCC1CN(Cc2ccc3cn[nH]c3c2)CCO1. The number of hydrogen-bond acceptors (Lipinski definition) is 4. The lowest BCUT2D eigenvalue weighted by Gasteiger charge is -2.33. The van der Waals surface area contributed by atoms with Crippen molar-refractivity contribution >= 4 is 10.9 Å². The van der Waals surface area contributed by atoms with E-state index in [1.54, 1.807) is 0 Å². The number of morpholine rings is 1. The Kier molecular flexibility index (Phi) is 4.53. The molecule has 1 aromatic heterocycles. The van der Waals surface area contributed by atoms with E-state index in [9.17, 15) is 0 Å². The molecule has 0 spiro atoms. The fraction of sp³-hybridized carbons (Fsp3) is 0.562. The molecule has 0 bridgehead atoms. The Morgan fingerprint density at radius 2 is 2.38 bits per heavy atom. The molecule has 1 atom stereocenters. The van der Waals surface area contributed by atoms with Crippen molar-refractivity contribution in [3.05, 3.63) is 30.0 Å². The van der Waals surface area contributed by atoms with Crippen LogP contribution >= 0.6 is 0 Å². The molecule has 1 unspecified atom stereocenters. The van der Waals surface area contributed by atoms with Gasteiger partial charge >= 0.3 is 0 Å². The van der Waals surface area contributed by atoms with Crippen molar-refractivity contribution in [2.75, 3.05) is 26.3 Å². The molecule has 5 heteroatoms. The predicted molar refractivity (Wildman–Crippen MR) is 82.2 cm³/mol. The smallest absolute Gasteiger partial charge is 0.0935 e. The first-order valence-electron chi connectivity index (χ1n) is 7.58. The molecule has 2 heterocycles. The van der Waals surface area contributed by atoms with Gasteiger partial charge in [0.25, 0.3) is 0 Å². The van der Waals surface area contributed by atoms with Gasteiger partial charge in [-0.15, -0.1) is 0 Å². The summed E-state index contributed by atoms with van der Waals surface area (Å²) in [5, 5.41) is 8.25. The van der Waals surface area contributed by atoms with Gasteiger partial charge in [-0.1, -0.05) is 12.1 Å². The number of aromatic nitrogens is 2. The molecule has 21 heavy (non-hydrogen) atoms. The van der Waals surface area contributed by atoms with Crippen molar-refractivity contribution in [1.29, 1.82) is 0 Å². The van der Waals surface area contributed by atoms with Crippen LogP contribution < -0.4 is 0 Å². The first-order chi connectivity index (χ1) is 10.2. The minimum Gasteiger partial charge on any atom is -0.376 e. The van der Waals surface area contributed by atoms with Crippen molar-refractivity contribution < 1.29 is 9.47 Å².